The van der Waals surface area contributed by atoms with Gasteiger partial charge >= 0.3 is 6.01 Å². The molecule has 1 aromatic heterocycles. The summed E-state index contributed by atoms with van der Waals surface area (Å²) in [4.78, 5) is 12.3. The Bertz CT molecular complexity index is 305. The Morgan fingerprint density at radius 1 is 1.13 bits per heavy atom. The zero-order valence-corrected chi connectivity index (χ0v) is 9.37. The van der Waals surface area contributed by atoms with Gasteiger partial charge in [0.15, 0.2) is 0 Å². The summed E-state index contributed by atoms with van der Waals surface area (Å²) in [5.74, 6) is 1.05. The molecule has 0 aromatic carbocycles. The van der Waals surface area contributed by atoms with Gasteiger partial charge in [0.1, 0.15) is 0 Å². The summed E-state index contributed by atoms with van der Waals surface area (Å²) in [6.07, 6.45) is 1.02. The number of nitrogens with one attached hydrogen (secondary N) is 2. The van der Waals surface area contributed by atoms with Crippen LogP contribution in [0.1, 0.15) is 20.3 Å². The number of aromatic nitrogens is 3. The number of ether oxygens (including phenoxy) is 1. The van der Waals surface area contributed by atoms with E-state index in [1.54, 1.807) is 7.05 Å². The number of anilines is 2. The van der Waals surface area contributed by atoms with Gasteiger partial charge in [0.2, 0.25) is 11.9 Å². The van der Waals surface area contributed by atoms with Gasteiger partial charge in [0, 0.05) is 13.6 Å². The van der Waals surface area contributed by atoms with Crippen LogP contribution in [-0.2, 0) is 0 Å². The van der Waals surface area contributed by atoms with E-state index in [-0.39, 0.29) is 0 Å². The predicted molar refractivity (Wildman–Crippen MR) is 59.3 cm³/mol. The average Bonchev–Trinajstić information content (AvgIpc) is 2.26. The first-order valence-corrected chi connectivity index (χ1v) is 5.10. The third kappa shape index (κ3) is 3.57. The van der Waals surface area contributed by atoms with E-state index >= 15 is 0 Å². The van der Waals surface area contributed by atoms with Crippen LogP contribution in [0.15, 0.2) is 0 Å². The van der Waals surface area contributed by atoms with E-state index in [1.807, 2.05) is 6.92 Å². The highest BCUT2D eigenvalue weighted by Gasteiger charge is 2.04. The van der Waals surface area contributed by atoms with Crippen molar-refractivity contribution < 1.29 is 4.74 Å². The van der Waals surface area contributed by atoms with Gasteiger partial charge in [-0.1, -0.05) is 6.92 Å². The second-order valence-corrected chi connectivity index (χ2v) is 2.87. The van der Waals surface area contributed by atoms with Crippen molar-refractivity contribution in [1.82, 2.24) is 15.0 Å². The summed E-state index contributed by atoms with van der Waals surface area (Å²) in [7, 11) is 1.76. The fraction of sp³-hybridized carbons (Fsp3) is 0.667. The van der Waals surface area contributed by atoms with Crippen molar-refractivity contribution in [3.05, 3.63) is 0 Å². The van der Waals surface area contributed by atoms with Crippen LogP contribution in [0.3, 0.4) is 0 Å². The number of rotatable bonds is 6. The third-order valence-corrected chi connectivity index (χ3v) is 1.65. The Morgan fingerprint density at radius 3 is 2.47 bits per heavy atom. The molecule has 0 unspecified atom stereocenters. The lowest BCUT2D eigenvalue weighted by atomic mass is 10.5. The van der Waals surface area contributed by atoms with Crippen molar-refractivity contribution in [3.8, 4) is 6.01 Å². The van der Waals surface area contributed by atoms with Crippen LogP contribution in [0.2, 0.25) is 0 Å². The molecule has 0 spiro atoms. The Kier molecular flexibility index (Phi) is 4.59. The monoisotopic (exact) mass is 211 g/mol. The minimum Gasteiger partial charge on any atom is -0.464 e. The van der Waals surface area contributed by atoms with Crippen molar-refractivity contribution in [2.45, 2.75) is 20.3 Å². The van der Waals surface area contributed by atoms with Crippen molar-refractivity contribution >= 4 is 11.9 Å². The van der Waals surface area contributed by atoms with Crippen LogP contribution >= 0.6 is 0 Å². The van der Waals surface area contributed by atoms with Gasteiger partial charge in [-0.2, -0.15) is 15.0 Å². The number of hydrogen-bond acceptors (Lipinski definition) is 6. The van der Waals surface area contributed by atoms with Gasteiger partial charge in [-0.25, -0.2) is 0 Å². The topological polar surface area (TPSA) is 72.0 Å². The fourth-order valence-corrected chi connectivity index (χ4v) is 0.978. The molecule has 1 rings (SSSR count). The van der Waals surface area contributed by atoms with E-state index in [1.165, 1.54) is 0 Å². The van der Waals surface area contributed by atoms with Crippen molar-refractivity contribution in [2.75, 3.05) is 30.8 Å². The summed E-state index contributed by atoms with van der Waals surface area (Å²) >= 11 is 0. The van der Waals surface area contributed by atoms with Crippen molar-refractivity contribution in [3.63, 3.8) is 0 Å². The molecule has 6 heteroatoms. The van der Waals surface area contributed by atoms with E-state index in [2.05, 4.69) is 32.5 Å². The van der Waals surface area contributed by atoms with Crippen molar-refractivity contribution in [1.29, 1.82) is 0 Å². The first-order valence-electron chi connectivity index (χ1n) is 5.10. The number of nitrogens with zero attached hydrogens (tertiary/aromatic N) is 3. The van der Waals surface area contributed by atoms with E-state index in [9.17, 15) is 0 Å². The van der Waals surface area contributed by atoms with Gasteiger partial charge in [-0.05, 0) is 13.3 Å². The maximum atomic E-state index is 5.23. The molecule has 0 saturated heterocycles. The van der Waals surface area contributed by atoms with Gasteiger partial charge in [-0.3, -0.25) is 0 Å². The molecule has 0 fully saturated rings. The maximum Gasteiger partial charge on any atom is 0.323 e. The lowest BCUT2D eigenvalue weighted by Crippen LogP contribution is -2.09. The Hall–Kier alpha value is -1.59. The smallest absolute Gasteiger partial charge is 0.323 e. The van der Waals surface area contributed by atoms with Gasteiger partial charge in [-0.15, -0.1) is 0 Å². The molecule has 84 valence electrons. The third-order valence-electron chi connectivity index (χ3n) is 1.65. The number of hydrogen-bond donors (Lipinski definition) is 2. The minimum atomic E-state index is 0.343. The molecule has 0 radical (unpaired) electrons. The zero-order valence-electron chi connectivity index (χ0n) is 9.37. The minimum absolute atomic E-state index is 0.343. The molecule has 0 aliphatic rings. The summed E-state index contributed by atoms with van der Waals surface area (Å²) in [5, 5.41) is 5.95. The first-order chi connectivity index (χ1) is 7.30. The van der Waals surface area contributed by atoms with E-state index in [0.717, 1.165) is 13.0 Å². The summed E-state index contributed by atoms with van der Waals surface area (Å²) in [5.41, 5.74) is 0. The highest BCUT2D eigenvalue weighted by molar-refractivity contribution is 5.35. The molecule has 0 bridgehead atoms. The second kappa shape index (κ2) is 6.00. The Morgan fingerprint density at radius 2 is 1.87 bits per heavy atom. The summed E-state index contributed by atoms with van der Waals surface area (Å²) in [6, 6.07) is 0.343. The second-order valence-electron chi connectivity index (χ2n) is 2.87. The molecule has 0 amide bonds. The molecule has 0 aliphatic carbocycles. The average molecular weight is 211 g/mol. The molecular weight excluding hydrogens is 194 g/mol. The molecule has 0 atom stereocenters. The van der Waals surface area contributed by atoms with Crippen LogP contribution in [0.5, 0.6) is 6.01 Å². The highest BCUT2D eigenvalue weighted by atomic mass is 16.5. The van der Waals surface area contributed by atoms with Crippen LogP contribution in [0, 0.1) is 0 Å². The van der Waals surface area contributed by atoms with Gasteiger partial charge in [0.05, 0.1) is 6.61 Å². The van der Waals surface area contributed by atoms with Crippen LogP contribution < -0.4 is 15.4 Å². The Labute approximate surface area is 89.5 Å². The lowest BCUT2D eigenvalue weighted by Gasteiger charge is -2.07. The fourth-order valence-electron chi connectivity index (χ4n) is 0.978. The summed E-state index contributed by atoms with van der Waals surface area (Å²) in [6.45, 7) is 5.34. The highest BCUT2D eigenvalue weighted by Crippen LogP contribution is 2.10. The molecule has 15 heavy (non-hydrogen) atoms. The predicted octanol–water partition coefficient (Wildman–Crippen LogP) is 1.13. The van der Waals surface area contributed by atoms with Gasteiger partial charge < -0.3 is 15.4 Å². The standard InChI is InChI=1S/C9H17N5O/c1-4-6-11-8-12-7(10-3)13-9(14-8)15-5-2/h4-6H2,1-3H3,(H2,10,11,12,13,14). The molecule has 1 heterocycles. The zero-order chi connectivity index (χ0) is 11.1. The summed E-state index contributed by atoms with van der Waals surface area (Å²) < 4.78 is 5.23. The Balaban J connectivity index is 2.79. The molecule has 1 aromatic rings. The van der Waals surface area contributed by atoms with Crippen LogP contribution in [0.25, 0.3) is 0 Å². The van der Waals surface area contributed by atoms with E-state index in [0.29, 0.717) is 24.5 Å². The quantitative estimate of drug-likeness (QED) is 0.735. The normalized spacial score (nSPS) is 9.80. The maximum absolute atomic E-state index is 5.23. The van der Waals surface area contributed by atoms with Gasteiger partial charge in [0.25, 0.3) is 0 Å². The molecular formula is C9H17N5O. The molecule has 0 aliphatic heterocycles. The first kappa shape index (κ1) is 11.5. The molecule has 0 saturated carbocycles. The van der Waals surface area contributed by atoms with Crippen LogP contribution in [-0.4, -0.2) is 35.2 Å². The largest absolute Gasteiger partial charge is 0.464 e. The SMILES string of the molecule is CCCNc1nc(NC)nc(OCC)n1. The molecule has 2 N–H and O–H groups in total. The van der Waals surface area contributed by atoms with E-state index < -0.39 is 0 Å². The van der Waals surface area contributed by atoms with E-state index in [4.69, 9.17) is 4.74 Å². The van der Waals surface area contributed by atoms with Crippen LogP contribution in [0.4, 0.5) is 11.9 Å². The lowest BCUT2D eigenvalue weighted by molar-refractivity contribution is 0.312. The van der Waals surface area contributed by atoms with Crippen molar-refractivity contribution in [2.24, 2.45) is 0 Å². The molecule has 6 nitrogen and oxygen atoms in total.